The summed E-state index contributed by atoms with van der Waals surface area (Å²) in [6, 6.07) is 5.88. The molecule has 0 bridgehead atoms. The van der Waals surface area contributed by atoms with E-state index in [9.17, 15) is 0 Å². The number of halogens is 1. The van der Waals surface area contributed by atoms with Gasteiger partial charge in [0.05, 0.1) is 0 Å². The molecule has 118 valence electrons. The molecule has 1 N–H and O–H groups in total. The van der Waals surface area contributed by atoms with Gasteiger partial charge in [-0.1, -0.05) is 29.8 Å². The molecule has 2 nitrogen and oxygen atoms in total. The number of rotatable bonds is 4. The second kappa shape index (κ2) is 7.15. The molecule has 3 atom stereocenters. The molecule has 1 heterocycles. The summed E-state index contributed by atoms with van der Waals surface area (Å²) in [7, 11) is 0. The van der Waals surface area contributed by atoms with E-state index in [2.05, 4.69) is 72.9 Å². The van der Waals surface area contributed by atoms with E-state index < -0.39 is 0 Å². The van der Waals surface area contributed by atoms with E-state index >= 15 is 0 Å². The lowest BCUT2D eigenvalue weighted by Gasteiger charge is -2.44. The summed E-state index contributed by atoms with van der Waals surface area (Å²) in [5, 5.41) is 3.72. The van der Waals surface area contributed by atoms with Crippen LogP contribution in [0.25, 0.3) is 0 Å². The zero-order chi connectivity index (χ0) is 15.6. The van der Waals surface area contributed by atoms with Gasteiger partial charge in [-0.05, 0) is 69.3 Å². The summed E-state index contributed by atoms with van der Waals surface area (Å²) >= 11 is 3.67. The summed E-state index contributed by atoms with van der Waals surface area (Å²) in [6.07, 6.45) is 2.45. The summed E-state index contributed by atoms with van der Waals surface area (Å²) < 4.78 is 1.24. The predicted molar refractivity (Wildman–Crippen MR) is 96.3 cm³/mol. The molecule has 1 saturated heterocycles. The van der Waals surface area contributed by atoms with Crippen molar-refractivity contribution in [2.45, 2.75) is 59.5 Å². The van der Waals surface area contributed by atoms with Gasteiger partial charge in [-0.15, -0.1) is 0 Å². The Kier molecular flexibility index (Phi) is 5.73. The highest BCUT2D eigenvalue weighted by molar-refractivity contribution is 9.10. The van der Waals surface area contributed by atoms with Gasteiger partial charge in [0.25, 0.3) is 0 Å². The Labute approximate surface area is 138 Å². The number of anilines is 1. The zero-order valence-electron chi connectivity index (χ0n) is 14.0. The molecule has 0 radical (unpaired) electrons. The molecule has 0 saturated carbocycles. The minimum Gasteiger partial charge on any atom is -0.368 e. The smallest absolute Gasteiger partial charge is 0.0374 e. The SMILES string of the molecule is CCCNC1CCN(c2cc(C)c(Br)c(C)c2)C(C)C1C. The Morgan fingerprint density at radius 2 is 1.86 bits per heavy atom. The van der Waals surface area contributed by atoms with Gasteiger partial charge in [-0.3, -0.25) is 0 Å². The van der Waals surface area contributed by atoms with Crippen LogP contribution in [0.4, 0.5) is 5.69 Å². The standard InChI is InChI=1S/C18H29BrN2/c1-6-8-20-17-7-9-21(15(5)14(17)4)16-10-12(2)18(19)13(3)11-16/h10-11,14-15,17,20H,6-9H2,1-5H3. The Morgan fingerprint density at radius 3 is 2.43 bits per heavy atom. The van der Waals surface area contributed by atoms with Crippen molar-refractivity contribution in [1.29, 1.82) is 0 Å². The van der Waals surface area contributed by atoms with E-state index in [0.29, 0.717) is 18.0 Å². The first-order valence-electron chi connectivity index (χ1n) is 8.22. The lowest BCUT2D eigenvalue weighted by atomic mass is 9.86. The lowest BCUT2D eigenvalue weighted by Crippen LogP contribution is -2.53. The first-order valence-corrected chi connectivity index (χ1v) is 9.01. The molecule has 2 rings (SSSR count). The Bertz CT molecular complexity index is 463. The second-order valence-electron chi connectivity index (χ2n) is 6.54. The fraction of sp³-hybridized carbons (Fsp3) is 0.667. The van der Waals surface area contributed by atoms with Crippen molar-refractivity contribution in [1.82, 2.24) is 5.32 Å². The highest BCUT2D eigenvalue weighted by Crippen LogP contribution is 2.32. The number of nitrogens with zero attached hydrogens (tertiary/aromatic N) is 1. The Balaban J connectivity index is 2.16. The van der Waals surface area contributed by atoms with Crippen molar-refractivity contribution in [3.8, 4) is 0 Å². The van der Waals surface area contributed by atoms with Crippen LogP contribution in [0.2, 0.25) is 0 Å². The molecule has 1 fully saturated rings. The van der Waals surface area contributed by atoms with Gasteiger partial charge in [-0.25, -0.2) is 0 Å². The van der Waals surface area contributed by atoms with Crippen LogP contribution in [0, 0.1) is 19.8 Å². The third-order valence-electron chi connectivity index (χ3n) is 4.98. The maximum Gasteiger partial charge on any atom is 0.0374 e. The van der Waals surface area contributed by atoms with Crippen LogP contribution in [0.1, 0.15) is 44.7 Å². The van der Waals surface area contributed by atoms with Gasteiger partial charge in [0.1, 0.15) is 0 Å². The van der Waals surface area contributed by atoms with Gasteiger partial charge >= 0.3 is 0 Å². The molecule has 21 heavy (non-hydrogen) atoms. The van der Waals surface area contributed by atoms with Gasteiger partial charge < -0.3 is 10.2 Å². The zero-order valence-corrected chi connectivity index (χ0v) is 15.6. The largest absolute Gasteiger partial charge is 0.368 e. The molecule has 1 aliphatic heterocycles. The average Bonchev–Trinajstić information content (AvgIpc) is 2.46. The topological polar surface area (TPSA) is 15.3 Å². The maximum absolute atomic E-state index is 3.72. The fourth-order valence-corrected chi connectivity index (χ4v) is 3.66. The molecule has 3 unspecified atom stereocenters. The Morgan fingerprint density at radius 1 is 1.24 bits per heavy atom. The van der Waals surface area contributed by atoms with Gasteiger partial charge in [0.15, 0.2) is 0 Å². The third kappa shape index (κ3) is 3.62. The molecular weight excluding hydrogens is 324 g/mol. The van der Waals surface area contributed by atoms with E-state index in [-0.39, 0.29) is 0 Å². The van der Waals surface area contributed by atoms with E-state index in [1.54, 1.807) is 0 Å². The number of hydrogen-bond donors (Lipinski definition) is 1. The minimum atomic E-state index is 0.577. The number of hydrogen-bond acceptors (Lipinski definition) is 2. The van der Waals surface area contributed by atoms with Crippen molar-refractivity contribution in [2.75, 3.05) is 18.0 Å². The summed E-state index contributed by atoms with van der Waals surface area (Å²) in [5.41, 5.74) is 4.04. The molecule has 1 aliphatic rings. The van der Waals surface area contributed by atoms with Gasteiger partial charge in [0.2, 0.25) is 0 Å². The molecular formula is C18H29BrN2. The average molecular weight is 353 g/mol. The highest BCUT2D eigenvalue weighted by Gasteiger charge is 2.32. The van der Waals surface area contributed by atoms with Crippen LogP contribution < -0.4 is 10.2 Å². The fourth-order valence-electron chi connectivity index (χ4n) is 3.44. The molecule has 0 amide bonds. The number of benzene rings is 1. The summed E-state index contributed by atoms with van der Waals surface area (Å²) in [4.78, 5) is 2.58. The van der Waals surface area contributed by atoms with Crippen LogP contribution in [-0.2, 0) is 0 Å². The number of piperidine rings is 1. The molecule has 0 spiro atoms. The Hall–Kier alpha value is -0.540. The van der Waals surface area contributed by atoms with E-state index in [1.807, 2.05) is 0 Å². The molecule has 0 aliphatic carbocycles. The van der Waals surface area contributed by atoms with Crippen LogP contribution in [0.5, 0.6) is 0 Å². The molecule has 1 aromatic rings. The molecule has 1 aromatic carbocycles. The molecule has 3 heteroatoms. The van der Waals surface area contributed by atoms with Crippen molar-refractivity contribution in [3.63, 3.8) is 0 Å². The summed E-state index contributed by atoms with van der Waals surface area (Å²) in [5.74, 6) is 0.676. The minimum absolute atomic E-state index is 0.577. The highest BCUT2D eigenvalue weighted by atomic mass is 79.9. The van der Waals surface area contributed by atoms with Crippen molar-refractivity contribution in [3.05, 3.63) is 27.7 Å². The van der Waals surface area contributed by atoms with Crippen LogP contribution in [0.3, 0.4) is 0 Å². The first kappa shape index (κ1) is 16.8. The van der Waals surface area contributed by atoms with Gasteiger partial charge in [-0.2, -0.15) is 0 Å². The number of nitrogens with one attached hydrogen (secondary N) is 1. The van der Waals surface area contributed by atoms with E-state index in [0.717, 1.165) is 13.1 Å². The lowest BCUT2D eigenvalue weighted by molar-refractivity contribution is 0.271. The van der Waals surface area contributed by atoms with Crippen LogP contribution in [0.15, 0.2) is 16.6 Å². The van der Waals surface area contributed by atoms with E-state index in [4.69, 9.17) is 0 Å². The van der Waals surface area contributed by atoms with Crippen molar-refractivity contribution in [2.24, 2.45) is 5.92 Å². The van der Waals surface area contributed by atoms with Gasteiger partial charge in [0, 0.05) is 28.8 Å². The predicted octanol–water partition coefficient (Wildman–Crippen LogP) is 4.67. The monoisotopic (exact) mass is 352 g/mol. The summed E-state index contributed by atoms with van der Waals surface area (Å²) in [6.45, 7) is 13.7. The van der Waals surface area contributed by atoms with Crippen LogP contribution >= 0.6 is 15.9 Å². The van der Waals surface area contributed by atoms with E-state index in [1.165, 1.54) is 34.1 Å². The third-order valence-corrected chi connectivity index (χ3v) is 6.23. The normalized spacial score (nSPS) is 26.2. The molecule has 0 aromatic heterocycles. The van der Waals surface area contributed by atoms with Crippen molar-refractivity contribution < 1.29 is 0 Å². The quantitative estimate of drug-likeness (QED) is 0.846. The first-order chi connectivity index (χ1) is 9.95. The van der Waals surface area contributed by atoms with Crippen LogP contribution in [-0.4, -0.2) is 25.2 Å². The van der Waals surface area contributed by atoms with Crippen molar-refractivity contribution >= 4 is 21.6 Å². The maximum atomic E-state index is 3.72. The number of aryl methyl sites for hydroxylation is 2. The second-order valence-corrected chi connectivity index (χ2v) is 7.33.